The van der Waals surface area contributed by atoms with Gasteiger partial charge in [-0.05, 0) is 62.2 Å². The molecule has 7 nitrogen and oxygen atoms in total. The summed E-state index contributed by atoms with van der Waals surface area (Å²) < 4.78 is 5.15. The van der Waals surface area contributed by atoms with Gasteiger partial charge < -0.3 is 20.3 Å². The van der Waals surface area contributed by atoms with E-state index in [1.54, 1.807) is 37.6 Å². The lowest BCUT2D eigenvalue weighted by molar-refractivity contribution is 0.0931. The van der Waals surface area contributed by atoms with Crippen LogP contribution >= 0.6 is 0 Å². The van der Waals surface area contributed by atoms with Gasteiger partial charge in [0, 0.05) is 36.6 Å². The van der Waals surface area contributed by atoms with Gasteiger partial charge in [0.25, 0.3) is 5.91 Å². The van der Waals surface area contributed by atoms with Gasteiger partial charge in [0.2, 0.25) is 5.95 Å². The Morgan fingerprint density at radius 3 is 2.42 bits per heavy atom. The van der Waals surface area contributed by atoms with Gasteiger partial charge in [-0.1, -0.05) is 17.7 Å². The molecule has 2 heterocycles. The van der Waals surface area contributed by atoms with Crippen molar-refractivity contribution < 1.29 is 9.53 Å². The van der Waals surface area contributed by atoms with Gasteiger partial charge in [0.05, 0.1) is 7.11 Å². The zero-order valence-electron chi connectivity index (χ0n) is 17.8. The van der Waals surface area contributed by atoms with Crippen LogP contribution in [0, 0.1) is 6.92 Å². The largest absolute Gasteiger partial charge is 0.497 e. The molecule has 4 rings (SSSR count). The van der Waals surface area contributed by atoms with Crippen molar-refractivity contribution in [1.29, 1.82) is 0 Å². The third-order valence-electron chi connectivity index (χ3n) is 5.43. The Labute approximate surface area is 182 Å². The van der Waals surface area contributed by atoms with Crippen LogP contribution in [-0.2, 0) is 0 Å². The molecule has 0 bridgehead atoms. The Morgan fingerprint density at radius 2 is 1.74 bits per heavy atom. The molecule has 0 radical (unpaired) electrons. The zero-order valence-corrected chi connectivity index (χ0v) is 17.8. The van der Waals surface area contributed by atoms with E-state index >= 15 is 0 Å². The number of carbonyl (C=O) groups is 1. The van der Waals surface area contributed by atoms with Gasteiger partial charge in [-0.15, -0.1) is 0 Å². The first-order chi connectivity index (χ1) is 15.1. The van der Waals surface area contributed by atoms with Crippen molar-refractivity contribution >= 4 is 23.4 Å². The van der Waals surface area contributed by atoms with E-state index in [0.717, 1.165) is 43.2 Å². The maximum Gasteiger partial charge on any atom is 0.251 e. The molecule has 0 unspecified atom stereocenters. The number of benzene rings is 2. The second-order valence-corrected chi connectivity index (χ2v) is 7.70. The molecule has 0 aliphatic carbocycles. The number of methoxy groups -OCH3 is 1. The number of piperidine rings is 1. The lowest BCUT2D eigenvalue weighted by atomic mass is 10.0. The summed E-state index contributed by atoms with van der Waals surface area (Å²) in [5.74, 6) is 2.16. The van der Waals surface area contributed by atoms with Crippen LogP contribution in [-0.4, -0.2) is 42.1 Å². The highest BCUT2D eigenvalue weighted by molar-refractivity contribution is 5.94. The topological polar surface area (TPSA) is 79.4 Å². The number of rotatable bonds is 6. The molecule has 1 aliphatic heterocycles. The molecule has 1 aliphatic rings. The molecule has 1 saturated heterocycles. The number of ether oxygens (including phenoxy) is 1. The number of nitrogens with zero attached hydrogens (tertiary/aromatic N) is 3. The highest BCUT2D eigenvalue weighted by Gasteiger charge is 2.23. The summed E-state index contributed by atoms with van der Waals surface area (Å²) >= 11 is 0. The van der Waals surface area contributed by atoms with Crippen LogP contribution < -0.4 is 20.3 Å². The number of aryl methyl sites for hydroxylation is 1. The quantitative estimate of drug-likeness (QED) is 0.633. The summed E-state index contributed by atoms with van der Waals surface area (Å²) in [6.07, 6.45) is 3.47. The van der Waals surface area contributed by atoms with Crippen LogP contribution in [0.15, 0.2) is 60.8 Å². The third-order valence-corrected chi connectivity index (χ3v) is 5.43. The molecule has 1 aromatic heterocycles. The Balaban J connectivity index is 1.32. The molecule has 3 aromatic rings. The Morgan fingerprint density at radius 1 is 1.03 bits per heavy atom. The number of carbonyl (C=O) groups excluding carboxylic acids is 1. The first-order valence-electron chi connectivity index (χ1n) is 10.5. The predicted molar refractivity (Wildman–Crippen MR) is 122 cm³/mol. The van der Waals surface area contributed by atoms with Crippen LogP contribution in [0.1, 0.15) is 28.8 Å². The summed E-state index contributed by atoms with van der Waals surface area (Å²) in [4.78, 5) is 23.8. The lowest BCUT2D eigenvalue weighted by Crippen LogP contribution is -2.45. The number of hydrogen-bond acceptors (Lipinski definition) is 6. The molecule has 31 heavy (non-hydrogen) atoms. The minimum Gasteiger partial charge on any atom is -0.497 e. The van der Waals surface area contributed by atoms with E-state index in [1.807, 2.05) is 18.2 Å². The van der Waals surface area contributed by atoms with E-state index in [2.05, 4.69) is 44.6 Å². The van der Waals surface area contributed by atoms with E-state index in [1.165, 1.54) is 5.56 Å². The fraction of sp³-hybridized carbons (Fsp3) is 0.292. The van der Waals surface area contributed by atoms with Crippen LogP contribution in [0.2, 0.25) is 0 Å². The smallest absolute Gasteiger partial charge is 0.251 e. The maximum absolute atomic E-state index is 12.5. The fourth-order valence-corrected chi connectivity index (χ4v) is 3.59. The molecule has 0 saturated carbocycles. The number of amides is 1. The summed E-state index contributed by atoms with van der Waals surface area (Å²) in [6, 6.07) is 17.4. The number of anilines is 3. The molecule has 0 spiro atoms. The SMILES string of the molecule is COc1ccc(C(=O)NC2CCN(c3nccc(Nc4ccc(C)cc4)n3)CC2)cc1. The van der Waals surface area contributed by atoms with Gasteiger partial charge >= 0.3 is 0 Å². The summed E-state index contributed by atoms with van der Waals surface area (Å²) in [6.45, 7) is 3.65. The molecular weight excluding hydrogens is 390 g/mol. The predicted octanol–water partition coefficient (Wildman–Crippen LogP) is 3.94. The Bertz CT molecular complexity index is 1010. The normalized spacial score (nSPS) is 14.2. The standard InChI is InChI=1S/C24H27N5O2/c1-17-3-7-19(8-4-17)26-22-11-14-25-24(28-22)29-15-12-20(13-16-29)27-23(30)18-5-9-21(31-2)10-6-18/h3-11,14,20H,12-13,15-16H2,1-2H3,(H,27,30)(H,25,26,28). The van der Waals surface area contributed by atoms with E-state index in [0.29, 0.717) is 11.5 Å². The van der Waals surface area contributed by atoms with Gasteiger partial charge in [0.1, 0.15) is 11.6 Å². The Kier molecular flexibility index (Phi) is 6.31. The number of hydrogen-bond donors (Lipinski definition) is 2. The minimum absolute atomic E-state index is 0.0540. The van der Waals surface area contributed by atoms with Gasteiger partial charge in [-0.3, -0.25) is 4.79 Å². The monoisotopic (exact) mass is 417 g/mol. The molecule has 2 N–H and O–H groups in total. The highest BCUT2D eigenvalue weighted by atomic mass is 16.5. The van der Waals surface area contributed by atoms with Crippen molar-refractivity contribution in [2.45, 2.75) is 25.8 Å². The van der Waals surface area contributed by atoms with Crippen molar-refractivity contribution in [3.63, 3.8) is 0 Å². The number of nitrogens with one attached hydrogen (secondary N) is 2. The summed E-state index contributed by atoms with van der Waals surface area (Å²) in [5.41, 5.74) is 2.85. The van der Waals surface area contributed by atoms with E-state index in [9.17, 15) is 4.79 Å². The number of aromatic nitrogens is 2. The minimum atomic E-state index is -0.0540. The summed E-state index contributed by atoms with van der Waals surface area (Å²) in [7, 11) is 1.61. The van der Waals surface area contributed by atoms with Crippen LogP contribution in [0.5, 0.6) is 5.75 Å². The van der Waals surface area contributed by atoms with E-state index < -0.39 is 0 Å². The average Bonchev–Trinajstić information content (AvgIpc) is 2.81. The molecule has 1 fully saturated rings. The van der Waals surface area contributed by atoms with Crippen LogP contribution in [0.25, 0.3) is 0 Å². The van der Waals surface area contributed by atoms with E-state index in [4.69, 9.17) is 4.74 Å². The van der Waals surface area contributed by atoms with Crippen molar-refractivity contribution in [2.24, 2.45) is 0 Å². The molecule has 0 atom stereocenters. The van der Waals surface area contributed by atoms with Gasteiger partial charge in [-0.2, -0.15) is 4.98 Å². The van der Waals surface area contributed by atoms with E-state index in [-0.39, 0.29) is 11.9 Å². The second-order valence-electron chi connectivity index (χ2n) is 7.70. The van der Waals surface area contributed by atoms with Gasteiger partial charge in [-0.25, -0.2) is 4.98 Å². The van der Waals surface area contributed by atoms with Crippen molar-refractivity contribution in [2.75, 3.05) is 30.4 Å². The van der Waals surface area contributed by atoms with Gasteiger partial charge in [0.15, 0.2) is 0 Å². The summed E-state index contributed by atoms with van der Waals surface area (Å²) in [5, 5.41) is 6.46. The first-order valence-corrected chi connectivity index (χ1v) is 10.5. The average molecular weight is 418 g/mol. The van der Waals surface area contributed by atoms with Crippen LogP contribution in [0.3, 0.4) is 0 Å². The molecular formula is C24H27N5O2. The zero-order chi connectivity index (χ0) is 21.6. The maximum atomic E-state index is 12.5. The Hall–Kier alpha value is -3.61. The first kappa shape index (κ1) is 20.7. The molecule has 1 amide bonds. The highest BCUT2D eigenvalue weighted by Crippen LogP contribution is 2.20. The molecule has 160 valence electrons. The fourth-order valence-electron chi connectivity index (χ4n) is 3.59. The molecule has 2 aromatic carbocycles. The third kappa shape index (κ3) is 5.31. The van der Waals surface area contributed by atoms with Crippen molar-refractivity contribution in [3.8, 4) is 5.75 Å². The van der Waals surface area contributed by atoms with Crippen LogP contribution in [0.4, 0.5) is 17.5 Å². The van der Waals surface area contributed by atoms with Crippen molar-refractivity contribution in [1.82, 2.24) is 15.3 Å². The van der Waals surface area contributed by atoms with Crippen molar-refractivity contribution in [3.05, 3.63) is 71.9 Å². The second kappa shape index (κ2) is 9.47. The lowest BCUT2D eigenvalue weighted by Gasteiger charge is -2.32. The molecule has 7 heteroatoms.